The Labute approximate surface area is 257 Å². The van der Waals surface area contributed by atoms with Crippen molar-refractivity contribution in [2.24, 2.45) is 0 Å². The maximum absolute atomic E-state index is 13.4. The molecule has 1 aliphatic rings. The van der Waals surface area contributed by atoms with Gasteiger partial charge in [0, 0.05) is 20.0 Å². The summed E-state index contributed by atoms with van der Waals surface area (Å²) in [7, 11) is -1.00. The largest absolute Gasteiger partial charge is 0.404 e. The van der Waals surface area contributed by atoms with Gasteiger partial charge in [-0.15, -0.1) is 0 Å². The van der Waals surface area contributed by atoms with Crippen LogP contribution in [0, 0.1) is 5.82 Å². The molecule has 0 N–H and O–H groups in total. The number of benzene rings is 4. The van der Waals surface area contributed by atoms with Crippen molar-refractivity contribution in [3.05, 3.63) is 138 Å². The average Bonchev–Trinajstić information content (AvgIpc) is 3.03. The standard InChI is InChI=1S/C38H43FO3Si/c1-38(2,3)43(35-15-7-5-8-16-35,36-17-9-6-10-18-36)42-34-27-33(41-37(28-34)40-4)26-23-31-14-12-11-13-30(31)22-19-29-20-24-32(39)25-21-29/h5-18,20-21,23-26,33-34,37H,19,22,27-28H2,1-4H3/t33-,34-,37?/m1/s1. The predicted octanol–water partition coefficient (Wildman–Crippen LogP) is 7.72. The summed E-state index contributed by atoms with van der Waals surface area (Å²) in [4.78, 5) is 0. The van der Waals surface area contributed by atoms with Gasteiger partial charge in [0.2, 0.25) is 0 Å². The fraction of sp³-hybridized carbons (Fsp3) is 0.316. The molecule has 3 nitrogen and oxygen atoms in total. The molecule has 0 radical (unpaired) electrons. The van der Waals surface area contributed by atoms with Crippen LogP contribution >= 0.6 is 0 Å². The molecule has 3 atom stereocenters. The number of hydrogen-bond acceptors (Lipinski definition) is 3. The number of rotatable bonds is 10. The Hall–Kier alpha value is -3.35. The Morgan fingerprint density at radius 1 is 0.791 bits per heavy atom. The minimum Gasteiger partial charge on any atom is -0.404 e. The van der Waals surface area contributed by atoms with Gasteiger partial charge in [-0.3, -0.25) is 0 Å². The van der Waals surface area contributed by atoms with Crippen LogP contribution in [0.2, 0.25) is 5.04 Å². The van der Waals surface area contributed by atoms with Crippen LogP contribution in [0.5, 0.6) is 0 Å². The van der Waals surface area contributed by atoms with E-state index in [0.717, 1.165) is 30.4 Å². The van der Waals surface area contributed by atoms with Gasteiger partial charge in [0.1, 0.15) is 5.82 Å². The molecule has 4 aromatic rings. The molecule has 1 aliphatic heterocycles. The second-order valence-corrected chi connectivity index (χ2v) is 16.7. The molecule has 43 heavy (non-hydrogen) atoms. The third kappa shape index (κ3) is 7.42. The van der Waals surface area contributed by atoms with E-state index in [1.807, 2.05) is 12.1 Å². The first-order valence-corrected chi connectivity index (χ1v) is 17.2. The van der Waals surface area contributed by atoms with Gasteiger partial charge in [-0.05, 0) is 57.1 Å². The summed E-state index contributed by atoms with van der Waals surface area (Å²) in [6.45, 7) is 6.94. The molecule has 1 saturated heterocycles. The van der Waals surface area contributed by atoms with Crippen LogP contribution in [0.1, 0.15) is 50.3 Å². The molecule has 0 aromatic heterocycles. The van der Waals surface area contributed by atoms with Gasteiger partial charge in [-0.1, -0.05) is 130 Å². The van der Waals surface area contributed by atoms with Crippen LogP contribution in [-0.2, 0) is 26.7 Å². The molecule has 224 valence electrons. The van der Waals surface area contributed by atoms with Crippen molar-refractivity contribution in [2.45, 2.75) is 70.0 Å². The topological polar surface area (TPSA) is 27.7 Å². The van der Waals surface area contributed by atoms with Crippen molar-refractivity contribution in [1.82, 2.24) is 0 Å². The predicted molar refractivity (Wildman–Crippen MR) is 177 cm³/mol. The molecule has 1 fully saturated rings. The molecule has 0 amide bonds. The summed E-state index contributed by atoms with van der Waals surface area (Å²) in [5.74, 6) is -0.203. The lowest BCUT2D eigenvalue weighted by molar-refractivity contribution is -0.188. The molecule has 0 bridgehead atoms. The molecule has 1 unspecified atom stereocenters. The van der Waals surface area contributed by atoms with Gasteiger partial charge >= 0.3 is 0 Å². The first-order chi connectivity index (χ1) is 20.8. The zero-order valence-electron chi connectivity index (χ0n) is 25.7. The number of hydrogen-bond donors (Lipinski definition) is 0. The highest BCUT2D eigenvalue weighted by molar-refractivity contribution is 6.99. The first-order valence-electron chi connectivity index (χ1n) is 15.3. The smallest absolute Gasteiger partial charge is 0.261 e. The molecular weight excluding hydrogens is 551 g/mol. The summed E-state index contributed by atoms with van der Waals surface area (Å²) in [5, 5.41) is 2.44. The van der Waals surface area contributed by atoms with Crippen molar-refractivity contribution in [2.75, 3.05) is 7.11 Å². The molecule has 4 aromatic carbocycles. The quantitative estimate of drug-likeness (QED) is 0.176. The lowest BCUT2D eigenvalue weighted by atomic mass is 9.98. The van der Waals surface area contributed by atoms with Gasteiger partial charge in [0.25, 0.3) is 8.32 Å². The highest BCUT2D eigenvalue weighted by Crippen LogP contribution is 2.39. The van der Waals surface area contributed by atoms with Crippen molar-refractivity contribution < 1.29 is 18.3 Å². The minimum absolute atomic E-state index is 0.0339. The number of halogens is 1. The van der Waals surface area contributed by atoms with E-state index < -0.39 is 8.32 Å². The third-order valence-corrected chi connectivity index (χ3v) is 13.5. The highest BCUT2D eigenvalue weighted by atomic mass is 28.4. The van der Waals surface area contributed by atoms with Crippen LogP contribution in [0.4, 0.5) is 4.39 Å². The Morgan fingerprint density at radius 3 is 2.00 bits per heavy atom. The van der Waals surface area contributed by atoms with Crippen LogP contribution in [0.3, 0.4) is 0 Å². The number of methoxy groups -OCH3 is 1. The van der Waals surface area contributed by atoms with Crippen molar-refractivity contribution in [1.29, 1.82) is 0 Å². The minimum atomic E-state index is -2.71. The zero-order valence-corrected chi connectivity index (χ0v) is 26.7. The van der Waals surface area contributed by atoms with E-state index >= 15 is 0 Å². The molecule has 0 saturated carbocycles. The molecule has 5 rings (SSSR count). The molecule has 5 heteroatoms. The first kappa shape index (κ1) is 31.1. The maximum Gasteiger partial charge on any atom is 0.261 e. The Bertz CT molecular complexity index is 1430. The molecule has 1 heterocycles. The zero-order chi connectivity index (χ0) is 30.3. The van der Waals surface area contributed by atoms with E-state index in [9.17, 15) is 4.39 Å². The van der Waals surface area contributed by atoms with E-state index in [2.05, 4.69) is 118 Å². The normalized spacial score (nSPS) is 19.5. The van der Waals surface area contributed by atoms with Crippen LogP contribution in [0.25, 0.3) is 6.08 Å². The van der Waals surface area contributed by atoms with Crippen LogP contribution in [-0.4, -0.2) is 33.9 Å². The summed E-state index contributed by atoms with van der Waals surface area (Å²) in [5.41, 5.74) is 3.54. The highest BCUT2D eigenvalue weighted by Gasteiger charge is 2.52. The second-order valence-electron chi connectivity index (χ2n) is 12.4. The lowest BCUT2D eigenvalue weighted by Gasteiger charge is -2.47. The number of aryl methyl sites for hydroxylation is 2. The van der Waals surface area contributed by atoms with E-state index in [-0.39, 0.29) is 29.4 Å². The van der Waals surface area contributed by atoms with E-state index in [0.29, 0.717) is 6.42 Å². The van der Waals surface area contributed by atoms with E-state index in [1.54, 1.807) is 7.11 Å². The third-order valence-electron chi connectivity index (χ3n) is 8.44. The Balaban J connectivity index is 1.39. The summed E-state index contributed by atoms with van der Waals surface area (Å²) in [6.07, 6.45) is 6.95. The van der Waals surface area contributed by atoms with Crippen molar-refractivity contribution in [3.8, 4) is 0 Å². The molecular formula is C38H43FO3Si. The lowest BCUT2D eigenvalue weighted by Crippen LogP contribution is -2.68. The summed E-state index contributed by atoms with van der Waals surface area (Å²) >= 11 is 0. The van der Waals surface area contributed by atoms with Gasteiger partial charge in [-0.2, -0.15) is 0 Å². The van der Waals surface area contributed by atoms with Gasteiger partial charge in [-0.25, -0.2) is 4.39 Å². The average molecular weight is 595 g/mol. The maximum atomic E-state index is 13.4. The SMILES string of the molecule is COC1C[C@H](O[Si](c2ccccc2)(c2ccccc2)C(C)(C)C)C[C@@H](C=Cc2ccccc2CCc2ccc(F)cc2)O1. The monoisotopic (exact) mass is 594 g/mol. The van der Waals surface area contributed by atoms with Gasteiger partial charge in [0.05, 0.1) is 12.2 Å². The van der Waals surface area contributed by atoms with E-state index in [1.165, 1.54) is 28.1 Å². The Kier molecular flexibility index (Phi) is 10.1. The molecule has 0 spiro atoms. The summed E-state index contributed by atoms with van der Waals surface area (Å²) in [6, 6.07) is 36.8. The van der Waals surface area contributed by atoms with Gasteiger partial charge in [0.15, 0.2) is 6.29 Å². The fourth-order valence-corrected chi connectivity index (χ4v) is 11.0. The van der Waals surface area contributed by atoms with Gasteiger partial charge < -0.3 is 13.9 Å². The van der Waals surface area contributed by atoms with Crippen LogP contribution in [0.15, 0.2) is 115 Å². The Morgan fingerprint density at radius 2 is 1.40 bits per heavy atom. The van der Waals surface area contributed by atoms with E-state index in [4.69, 9.17) is 13.9 Å². The van der Waals surface area contributed by atoms with Crippen molar-refractivity contribution >= 4 is 24.8 Å². The van der Waals surface area contributed by atoms with Crippen LogP contribution < -0.4 is 10.4 Å². The van der Waals surface area contributed by atoms with Crippen molar-refractivity contribution in [3.63, 3.8) is 0 Å². The summed E-state index contributed by atoms with van der Waals surface area (Å²) < 4.78 is 33.0. The fourth-order valence-electron chi connectivity index (χ4n) is 6.25. The molecule has 0 aliphatic carbocycles. The second kappa shape index (κ2) is 14.0. The number of ether oxygens (including phenoxy) is 2.